The Hall–Kier alpha value is -1.95. The van der Waals surface area contributed by atoms with Gasteiger partial charge in [0.15, 0.2) is 0 Å². The van der Waals surface area contributed by atoms with E-state index >= 15 is 0 Å². The van der Waals surface area contributed by atoms with Gasteiger partial charge in [-0.1, -0.05) is 12.1 Å². The second-order valence-electron chi connectivity index (χ2n) is 5.87. The van der Waals surface area contributed by atoms with Gasteiger partial charge in [0.25, 0.3) is 5.69 Å². The van der Waals surface area contributed by atoms with Crippen LogP contribution >= 0.6 is 0 Å². The Morgan fingerprint density at radius 2 is 2.14 bits per heavy atom. The fourth-order valence-electron chi connectivity index (χ4n) is 3.24. The minimum absolute atomic E-state index is 0.0388. The number of hydrogen-bond donors (Lipinski definition) is 1. The van der Waals surface area contributed by atoms with Gasteiger partial charge >= 0.3 is 0 Å². The fraction of sp³-hybridized carbons (Fsp3) is 0.533. The van der Waals surface area contributed by atoms with Crippen LogP contribution in [0.3, 0.4) is 0 Å². The molecule has 3 rings (SSSR count). The van der Waals surface area contributed by atoms with Gasteiger partial charge in [0.1, 0.15) is 0 Å². The largest absolute Gasteiger partial charge is 0.341 e. The number of likely N-dealkylation sites (tertiary alicyclic amines) is 1. The first-order valence-electron chi connectivity index (χ1n) is 7.39. The topological polar surface area (TPSA) is 75.5 Å². The van der Waals surface area contributed by atoms with Crippen LogP contribution in [0.1, 0.15) is 24.8 Å². The van der Waals surface area contributed by atoms with Gasteiger partial charge in [-0.3, -0.25) is 14.9 Å². The van der Waals surface area contributed by atoms with E-state index in [0.29, 0.717) is 17.6 Å². The van der Waals surface area contributed by atoms with Gasteiger partial charge in [-0.05, 0) is 24.8 Å². The molecular weight excluding hydrogens is 270 g/mol. The third-order valence-electron chi connectivity index (χ3n) is 4.35. The van der Waals surface area contributed by atoms with Crippen molar-refractivity contribution in [1.82, 2.24) is 10.2 Å². The number of rotatable bonds is 3. The van der Waals surface area contributed by atoms with Crippen molar-refractivity contribution >= 4 is 11.6 Å². The number of amides is 1. The number of hydrogen-bond acceptors (Lipinski definition) is 4. The zero-order chi connectivity index (χ0) is 14.8. The summed E-state index contributed by atoms with van der Waals surface area (Å²) >= 11 is 0. The smallest absolute Gasteiger partial charge is 0.269 e. The van der Waals surface area contributed by atoms with Crippen molar-refractivity contribution in [3.8, 4) is 0 Å². The van der Waals surface area contributed by atoms with Crippen molar-refractivity contribution in [2.24, 2.45) is 0 Å². The van der Waals surface area contributed by atoms with E-state index in [1.54, 1.807) is 12.1 Å². The third-order valence-corrected chi connectivity index (χ3v) is 4.35. The van der Waals surface area contributed by atoms with Crippen LogP contribution in [0.4, 0.5) is 5.69 Å². The van der Waals surface area contributed by atoms with Crippen LogP contribution in [-0.2, 0) is 11.2 Å². The molecule has 2 heterocycles. The highest BCUT2D eigenvalue weighted by molar-refractivity contribution is 5.79. The maximum absolute atomic E-state index is 12.4. The molecule has 21 heavy (non-hydrogen) atoms. The molecule has 2 atom stereocenters. The summed E-state index contributed by atoms with van der Waals surface area (Å²) in [6.45, 7) is 1.53. The fourth-order valence-corrected chi connectivity index (χ4v) is 3.24. The number of benzene rings is 1. The SMILES string of the molecule is O=C(Cc1cccc([N+](=O)[O-])c1)N1CCC2CCC(C1)N2. The lowest BCUT2D eigenvalue weighted by Crippen LogP contribution is -2.39. The molecule has 1 N–H and O–H groups in total. The van der Waals surface area contributed by atoms with Crippen LogP contribution in [0.2, 0.25) is 0 Å². The summed E-state index contributed by atoms with van der Waals surface area (Å²) in [6, 6.07) is 7.29. The van der Waals surface area contributed by atoms with E-state index in [9.17, 15) is 14.9 Å². The summed E-state index contributed by atoms with van der Waals surface area (Å²) in [5, 5.41) is 14.3. The second kappa shape index (κ2) is 5.81. The first-order valence-corrected chi connectivity index (χ1v) is 7.39. The van der Waals surface area contributed by atoms with Crippen LogP contribution in [0.25, 0.3) is 0 Å². The summed E-state index contributed by atoms with van der Waals surface area (Å²) in [7, 11) is 0. The monoisotopic (exact) mass is 289 g/mol. The van der Waals surface area contributed by atoms with E-state index in [1.807, 2.05) is 4.90 Å². The molecule has 2 aliphatic heterocycles. The van der Waals surface area contributed by atoms with E-state index in [0.717, 1.165) is 25.9 Å². The first kappa shape index (κ1) is 14.0. The zero-order valence-corrected chi connectivity index (χ0v) is 11.8. The molecule has 2 unspecified atom stereocenters. The molecule has 2 aliphatic rings. The van der Waals surface area contributed by atoms with Gasteiger partial charge in [-0.2, -0.15) is 0 Å². The molecule has 2 saturated heterocycles. The number of carbonyl (C=O) groups is 1. The lowest BCUT2D eigenvalue weighted by Gasteiger charge is -2.24. The Balaban J connectivity index is 1.65. The highest BCUT2D eigenvalue weighted by Crippen LogP contribution is 2.21. The summed E-state index contributed by atoms with van der Waals surface area (Å²) in [5.74, 6) is 0.0600. The summed E-state index contributed by atoms with van der Waals surface area (Å²) in [6.07, 6.45) is 3.57. The minimum atomic E-state index is -0.428. The van der Waals surface area contributed by atoms with Crippen molar-refractivity contribution < 1.29 is 9.72 Å². The first-order chi connectivity index (χ1) is 10.1. The van der Waals surface area contributed by atoms with Gasteiger partial charge < -0.3 is 10.2 Å². The minimum Gasteiger partial charge on any atom is -0.341 e. The molecule has 112 valence electrons. The molecule has 0 saturated carbocycles. The molecule has 6 nitrogen and oxygen atoms in total. The molecule has 1 amide bonds. The van der Waals surface area contributed by atoms with Gasteiger partial charge in [0, 0.05) is 37.3 Å². The van der Waals surface area contributed by atoms with E-state index in [1.165, 1.54) is 18.6 Å². The number of nitrogens with one attached hydrogen (secondary N) is 1. The van der Waals surface area contributed by atoms with E-state index in [2.05, 4.69) is 5.32 Å². The van der Waals surface area contributed by atoms with Crippen molar-refractivity contribution in [2.75, 3.05) is 13.1 Å². The molecule has 2 bridgehead atoms. The number of non-ortho nitro benzene ring substituents is 1. The number of nitrogens with zero attached hydrogens (tertiary/aromatic N) is 2. The summed E-state index contributed by atoms with van der Waals surface area (Å²) in [5.41, 5.74) is 0.744. The second-order valence-corrected chi connectivity index (χ2v) is 5.87. The molecule has 2 fully saturated rings. The maximum atomic E-state index is 12.4. The number of nitro benzene ring substituents is 1. The Morgan fingerprint density at radius 3 is 2.95 bits per heavy atom. The summed E-state index contributed by atoms with van der Waals surface area (Å²) < 4.78 is 0. The molecular formula is C15H19N3O3. The highest BCUT2D eigenvalue weighted by Gasteiger charge is 2.31. The van der Waals surface area contributed by atoms with Crippen LogP contribution in [-0.4, -0.2) is 40.9 Å². The predicted octanol–water partition coefficient (Wildman–Crippen LogP) is 1.49. The molecule has 1 aromatic carbocycles. The molecule has 0 radical (unpaired) electrons. The zero-order valence-electron chi connectivity index (χ0n) is 11.8. The van der Waals surface area contributed by atoms with E-state index in [-0.39, 0.29) is 18.0 Å². The average Bonchev–Trinajstić information content (AvgIpc) is 2.78. The van der Waals surface area contributed by atoms with Crippen LogP contribution < -0.4 is 5.32 Å². The number of nitro groups is 1. The van der Waals surface area contributed by atoms with Crippen molar-refractivity contribution in [3.63, 3.8) is 0 Å². The van der Waals surface area contributed by atoms with Crippen LogP contribution in [0, 0.1) is 10.1 Å². The maximum Gasteiger partial charge on any atom is 0.269 e. The van der Waals surface area contributed by atoms with Crippen molar-refractivity contribution in [3.05, 3.63) is 39.9 Å². The van der Waals surface area contributed by atoms with E-state index in [4.69, 9.17) is 0 Å². The van der Waals surface area contributed by atoms with Gasteiger partial charge in [-0.25, -0.2) is 0 Å². The lowest BCUT2D eigenvalue weighted by atomic mass is 10.1. The molecule has 0 spiro atoms. The molecule has 1 aromatic rings. The molecule has 0 aromatic heterocycles. The normalized spacial score (nSPS) is 24.7. The predicted molar refractivity (Wildman–Crippen MR) is 77.9 cm³/mol. The van der Waals surface area contributed by atoms with Crippen molar-refractivity contribution in [1.29, 1.82) is 0 Å². The Bertz CT molecular complexity index is 561. The Morgan fingerprint density at radius 1 is 1.33 bits per heavy atom. The molecule has 0 aliphatic carbocycles. The van der Waals surface area contributed by atoms with Gasteiger partial charge in [0.2, 0.25) is 5.91 Å². The van der Waals surface area contributed by atoms with Gasteiger partial charge in [-0.15, -0.1) is 0 Å². The molecule has 6 heteroatoms. The highest BCUT2D eigenvalue weighted by atomic mass is 16.6. The Kier molecular flexibility index (Phi) is 3.88. The average molecular weight is 289 g/mol. The number of fused-ring (bicyclic) bond motifs is 2. The third kappa shape index (κ3) is 3.21. The van der Waals surface area contributed by atoms with Crippen molar-refractivity contribution in [2.45, 2.75) is 37.8 Å². The standard InChI is InChI=1S/C15H19N3O3/c19-15(9-11-2-1-3-14(8-11)18(20)21)17-7-6-12-4-5-13(10-17)16-12/h1-3,8,12-13,16H,4-7,9-10H2. The Labute approximate surface area is 123 Å². The van der Waals surface area contributed by atoms with E-state index < -0.39 is 4.92 Å². The van der Waals surface area contributed by atoms with Gasteiger partial charge in [0.05, 0.1) is 11.3 Å². The quantitative estimate of drug-likeness (QED) is 0.675. The van der Waals surface area contributed by atoms with Crippen LogP contribution in [0.5, 0.6) is 0 Å². The van der Waals surface area contributed by atoms with Crippen LogP contribution in [0.15, 0.2) is 24.3 Å². The number of carbonyl (C=O) groups excluding carboxylic acids is 1. The summed E-state index contributed by atoms with van der Waals surface area (Å²) in [4.78, 5) is 24.7. The lowest BCUT2D eigenvalue weighted by molar-refractivity contribution is -0.384.